The molecule has 0 bridgehead atoms. The van der Waals surface area contributed by atoms with Crippen LogP contribution in [-0.2, 0) is 0 Å². The number of aryl methyl sites for hydroxylation is 1. The van der Waals surface area contributed by atoms with Crippen LogP contribution in [0.5, 0.6) is 5.75 Å². The largest absolute Gasteiger partial charge is 0.497 e. The standard InChI is InChI=1S/C24H24N6O3S/c1-16-5-3-6-17(13-16)22-27-30-21(31)15-20(26-24(30)34-22)28-9-11-29(12-10-28)23(32)25-18-7-4-8-19(14-18)33-2/h3-8,13-15H,9-12H2,1-2H3,(H,25,32). The minimum absolute atomic E-state index is 0.165. The summed E-state index contributed by atoms with van der Waals surface area (Å²) in [6.07, 6.45) is 0. The number of urea groups is 1. The van der Waals surface area contributed by atoms with E-state index >= 15 is 0 Å². The van der Waals surface area contributed by atoms with Crippen LogP contribution in [0.25, 0.3) is 15.5 Å². The second kappa shape index (κ2) is 9.14. The van der Waals surface area contributed by atoms with Crippen molar-refractivity contribution in [2.75, 3.05) is 43.5 Å². The summed E-state index contributed by atoms with van der Waals surface area (Å²) in [5.41, 5.74) is 2.56. The maximum atomic E-state index is 12.7. The number of carbonyl (C=O) groups excluding carboxylic acids is 1. The molecule has 0 radical (unpaired) electrons. The third-order valence-electron chi connectivity index (χ3n) is 5.71. The van der Waals surface area contributed by atoms with Crippen molar-refractivity contribution in [3.63, 3.8) is 0 Å². The van der Waals surface area contributed by atoms with E-state index in [-0.39, 0.29) is 11.6 Å². The van der Waals surface area contributed by atoms with Gasteiger partial charge < -0.3 is 19.9 Å². The van der Waals surface area contributed by atoms with Crippen LogP contribution < -0.4 is 20.5 Å². The van der Waals surface area contributed by atoms with Gasteiger partial charge in [-0.3, -0.25) is 4.79 Å². The Bertz CT molecular complexity index is 1410. The quantitative estimate of drug-likeness (QED) is 0.485. The SMILES string of the molecule is COc1cccc(NC(=O)N2CCN(c3cc(=O)n4nc(-c5cccc(C)c5)sc4n3)CC2)c1. The first-order valence-electron chi connectivity index (χ1n) is 10.9. The minimum atomic E-state index is -0.214. The summed E-state index contributed by atoms with van der Waals surface area (Å²) in [6.45, 7) is 4.23. The first kappa shape index (κ1) is 21.9. The number of methoxy groups -OCH3 is 1. The van der Waals surface area contributed by atoms with Gasteiger partial charge in [-0.05, 0) is 25.1 Å². The molecule has 0 saturated carbocycles. The Balaban J connectivity index is 1.28. The third-order valence-corrected chi connectivity index (χ3v) is 6.67. The molecule has 3 heterocycles. The molecule has 5 rings (SSSR count). The molecule has 1 N–H and O–H groups in total. The summed E-state index contributed by atoms with van der Waals surface area (Å²) in [5.74, 6) is 1.29. The lowest BCUT2D eigenvalue weighted by Crippen LogP contribution is -2.50. The fourth-order valence-electron chi connectivity index (χ4n) is 3.90. The van der Waals surface area contributed by atoms with Gasteiger partial charge in [-0.2, -0.15) is 9.61 Å². The summed E-state index contributed by atoms with van der Waals surface area (Å²) in [7, 11) is 1.59. The number of hydrogen-bond acceptors (Lipinski definition) is 7. The molecule has 1 aliphatic heterocycles. The van der Waals surface area contributed by atoms with Gasteiger partial charge in [-0.15, -0.1) is 0 Å². The van der Waals surface area contributed by atoms with Gasteiger partial charge >= 0.3 is 6.03 Å². The number of benzene rings is 2. The second-order valence-corrected chi connectivity index (χ2v) is 9.02. The lowest BCUT2D eigenvalue weighted by Gasteiger charge is -2.35. The zero-order valence-corrected chi connectivity index (χ0v) is 19.7. The number of piperazine rings is 1. The molecule has 4 aromatic rings. The summed E-state index contributed by atoms with van der Waals surface area (Å²) >= 11 is 1.39. The van der Waals surface area contributed by atoms with E-state index in [4.69, 9.17) is 9.72 Å². The number of ether oxygens (including phenoxy) is 1. The molecule has 0 atom stereocenters. The van der Waals surface area contributed by atoms with Crippen LogP contribution >= 0.6 is 11.3 Å². The first-order chi connectivity index (χ1) is 16.5. The number of amides is 2. The maximum absolute atomic E-state index is 12.7. The minimum Gasteiger partial charge on any atom is -0.497 e. The van der Waals surface area contributed by atoms with Gasteiger partial charge in [0.2, 0.25) is 4.96 Å². The van der Waals surface area contributed by atoms with Crippen LogP contribution in [-0.4, -0.2) is 58.8 Å². The molecule has 1 saturated heterocycles. The number of carbonyl (C=O) groups is 1. The normalized spacial score (nSPS) is 13.8. The Hall–Kier alpha value is -3.92. The molecule has 174 valence electrons. The van der Waals surface area contributed by atoms with E-state index in [0.717, 1.165) is 16.1 Å². The van der Waals surface area contributed by atoms with Crippen molar-refractivity contribution in [3.8, 4) is 16.3 Å². The van der Waals surface area contributed by atoms with Crippen molar-refractivity contribution in [1.29, 1.82) is 0 Å². The van der Waals surface area contributed by atoms with E-state index in [1.807, 2.05) is 54.3 Å². The smallest absolute Gasteiger partial charge is 0.321 e. The Labute approximate surface area is 200 Å². The number of fused-ring (bicyclic) bond motifs is 1. The topological polar surface area (TPSA) is 92.1 Å². The molecule has 2 aromatic heterocycles. The summed E-state index contributed by atoms with van der Waals surface area (Å²) in [5, 5.41) is 8.13. The van der Waals surface area contributed by atoms with E-state index in [1.165, 1.54) is 21.9 Å². The molecule has 10 heteroatoms. The average molecular weight is 477 g/mol. The Morgan fingerprint density at radius 1 is 1.06 bits per heavy atom. The lowest BCUT2D eigenvalue weighted by molar-refractivity contribution is 0.208. The predicted molar refractivity (Wildman–Crippen MR) is 133 cm³/mol. The van der Waals surface area contributed by atoms with E-state index in [9.17, 15) is 9.59 Å². The molecule has 2 amide bonds. The van der Waals surface area contributed by atoms with Crippen LogP contribution in [0.4, 0.5) is 16.3 Å². The maximum Gasteiger partial charge on any atom is 0.321 e. The van der Waals surface area contributed by atoms with Gasteiger partial charge in [0.15, 0.2) is 0 Å². The number of nitrogens with zero attached hydrogens (tertiary/aromatic N) is 5. The Morgan fingerprint density at radius 3 is 2.62 bits per heavy atom. The molecular formula is C24H24N6O3S. The molecule has 34 heavy (non-hydrogen) atoms. The van der Waals surface area contributed by atoms with Gasteiger partial charge in [-0.1, -0.05) is 41.2 Å². The number of aromatic nitrogens is 3. The number of rotatable bonds is 4. The van der Waals surface area contributed by atoms with Gasteiger partial charge in [-0.25, -0.2) is 9.78 Å². The predicted octanol–water partition coefficient (Wildman–Crippen LogP) is 3.49. The van der Waals surface area contributed by atoms with Crippen molar-refractivity contribution in [2.24, 2.45) is 0 Å². The van der Waals surface area contributed by atoms with Crippen LogP contribution in [0.15, 0.2) is 59.4 Å². The number of anilines is 2. The highest BCUT2D eigenvalue weighted by Crippen LogP contribution is 2.26. The van der Waals surface area contributed by atoms with Gasteiger partial charge in [0.05, 0.1) is 7.11 Å². The van der Waals surface area contributed by atoms with Crippen molar-refractivity contribution in [3.05, 3.63) is 70.5 Å². The van der Waals surface area contributed by atoms with Gasteiger partial charge in [0, 0.05) is 49.6 Å². The van der Waals surface area contributed by atoms with Crippen molar-refractivity contribution in [1.82, 2.24) is 19.5 Å². The zero-order valence-electron chi connectivity index (χ0n) is 18.9. The monoisotopic (exact) mass is 476 g/mol. The zero-order chi connectivity index (χ0) is 23.7. The van der Waals surface area contributed by atoms with E-state index < -0.39 is 0 Å². The van der Waals surface area contributed by atoms with Crippen molar-refractivity contribution < 1.29 is 9.53 Å². The summed E-state index contributed by atoms with van der Waals surface area (Å²) in [4.78, 5) is 34.5. The van der Waals surface area contributed by atoms with Crippen LogP contribution in [0, 0.1) is 6.92 Å². The highest BCUT2D eigenvalue weighted by molar-refractivity contribution is 7.19. The Kier molecular flexibility index (Phi) is 5.89. The molecular weight excluding hydrogens is 452 g/mol. The number of nitrogens with one attached hydrogen (secondary N) is 1. The average Bonchev–Trinajstić information content (AvgIpc) is 3.29. The molecule has 0 aliphatic carbocycles. The van der Waals surface area contributed by atoms with E-state index in [2.05, 4.69) is 10.4 Å². The molecule has 1 fully saturated rings. The van der Waals surface area contributed by atoms with Crippen molar-refractivity contribution in [2.45, 2.75) is 6.92 Å². The van der Waals surface area contributed by atoms with E-state index in [0.29, 0.717) is 48.4 Å². The second-order valence-electron chi connectivity index (χ2n) is 8.06. The highest BCUT2D eigenvalue weighted by Gasteiger charge is 2.23. The first-order valence-corrected chi connectivity index (χ1v) is 11.7. The molecule has 0 unspecified atom stereocenters. The lowest BCUT2D eigenvalue weighted by atomic mass is 10.1. The summed E-state index contributed by atoms with van der Waals surface area (Å²) < 4.78 is 6.56. The fraction of sp³-hybridized carbons (Fsp3) is 0.250. The van der Waals surface area contributed by atoms with Crippen molar-refractivity contribution >= 4 is 33.8 Å². The van der Waals surface area contributed by atoms with Crippen LogP contribution in [0.3, 0.4) is 0 Å². The molecule has 1 aliphatic rings. The summed E-state index contributed by atoms with van der Waals surface area (Å²) in [6, 6.07) is 16.6. The van der Waals surface area contributed by atoms with Crippen LogP contribution in [0.2, 0.25) is 0 Å². The highest BCUT2D eigenvalue weighted by atomic mass is 32.1. The fourth-order valence-corrected chi connectivity index (χ4v) is 4.79. The molecule has 9 nitrogen and oxygen atoms in total. The van der Waals surface area contributed by atoms with Gasteiger partial charge in [0.1, 0.15) is 16.6 Å². The van der Waals surface area contributed by atoms with Gasteiger partial charge in [0.25, 0.3) is 5.56 Å². The van der Waals surface area contributed by atoms with Crippen LogP contribution in [0.1, 0.15) is 5.56 Å². The third kappa shape index (κ3) is 4.44. The Morgan fingerprint density at radius 2 is 1.85 bits per heavy atom. The molecule has 0 spiro atoms. The van der Waals surface area contributed by atoms with E-state index in [1.54, 1.807) is 18.1 Å². The number of hydrogen-bond donors (Lipinski definition) is 1. The molecule has 2 aromatic carbocycles.